The first kappa shape index (κ1) is 37.3. The molecule has 0 unspecified atom stereocenters. The fraction of sp³-hybridized carbons (Fsp3) is 0.0169. The minimum absolute atomic E-state index is 1.11. The summed E-state index contributed by atoms with van der Waals surface area (Å²) in [5.74, 6) is 0. The van der Waals surface area contributed by atoms with Crippen molar-refractivity contribution in [3.63, 3.8) is 0 Å². The number of fused-ring (bicyclic) bond motifs is 4. The van der Waals surface area contributed by atoms with Crippen LogP contribution in [-0.4, -0.2) is 0 Å². The Labute approximate surface area is 366 Å². The van der Waals surface area contributed by atoms with Crippen LogP contribution in [0.4, 0.5) is 34.1 Å². The summed E-state index contributed by atoms with van der Waals surface area (Å²) in [6.07, 6.45) is 0. The first-order valence-electron chi connectivity index (χ1n) is 21.2. The predicted molar refractivity (Wildman–Crippen MR) is 267 cm³/mol. The van der Waals surface area contributed by atoms with Crippen molar-refractivity contribution in [2.45, 2.75) is 6.92 Å². The van der Waals surface area contributed by atoms with Crippen LogP contribution in [0.1, 0.15) is 5.56 Å². The predicted octanol–water partition coefficient (Wildman–Crippen LogP) is 17.5. The summed E-state index contributed by atoms with van der Waals surface area (Å²) in [7, 11) is 0. The molecule has 0 saturated heterocycles. The lowest BCUT2D eigenvalue weighted by molar-refractivity contribution is 1.28. The summed E-state index contributed by atoms with van der Waals surface area (Å²) >= 11 is 1.87. The van der Waals surface area contributed by atoms with E-state index in [4.69, 9.17) is 0 Å². The summed E-state index contributed by atoms with van der Waals surface area (Å²) in [6, 6.07) is 85.8. The molecule has 0 bridgehead atoms. The number of hydrogen-bond donors (Lipinski definition) is 0. The smallest absolute Gasteiger partial charge is 0.0546 e. The second-order valence-electron chi connectivity index (χ2n) is 15.8. The fourth-order valence-electron chi connectivity index (χ4n) is 8.88. The van der Waals surface area contributed by atoms with Gasteiger partial charge >= 0.3 is 0 Å². The maximum atomic E-state index is 2.44. The van der Waals surface area contributed by atoms with Crippen molar-refractivity contribution in [3.8, 4) is 33.4 Å². The van der Waals surface area contributed by atoms with Crippen LogP contribution < -0.4 is 9.80 Å². The van der Waals surface area contributed by atoms with Crippen LogP contribution in [0.5, 0.6) is 0 Å². The quantitative estimate of drug-likeness (QED) is 0.143. The van der Waals surface area contributed by atoms with Crippen molar-refractivity contribution in [2.24, 2.45) is 0 Å². The average molecular weight is 811 g/mol. The Bertz CT molecular complexity index is 3280. The molecule has 0 atom stereocenters. The highest BCUT2D eigenvalue weighted by molar-refractivity contribution is 7.25. The molecule has 0 radical (unpaired) electrons. The highest BCUT2D eigenvalue weighted by atomic mass is 32.1. The van der Waals surface area contributed by atoms with Crippen LogP contribution in [0.3, 0.4) is 0 Å². The molecule has 10 aromatic carbocycles. The van der Waals surface area contributed by atoms with Crippen molar-refractivity contribution in [2.75, 3.05) is 9.80 Å². The Kier molecular flexibility index (Phi) is 9.65. The third-order valence-corrected chi connectivity index (χ3v) is 13.1. The van der Waals surface area contributed by atoms with E-state index in [9.17, 15) is 0 Å². The third kappa shape index (κ3) is 6.99. The summed E-state index contributed by atoms with van der Waals surface area (Å²) in [5.41, 5.74) is 15.2. The van der Waals surface area contributed by atoms with Gasteiger partial charge in [-0.3, -0.25) is 0 Å². The molecule has 11 aromatic rings. The van der Waals surface area contributed by atoms with E-state index in [2.05, 4.69) is 253 Å². The molecule has 0 N–H and O–H groups in total. The number of benzene rings is 10. The van der Waals surface area contributed by atoms with E-state index >= 15 is 0 Å². The average Bonchev–Trinajstić information content (AvgIpc) is 3.72. The van der Waals surface area contributed by atoms with Gasteiger partial charge in [-0.15, -0.1) is 11.3 Å². The van der Waals surface area contributed by atoms with Gasteiger partial charge in [-0.1, -0.05) is 158 Å². The molecule has 294 valence electrons. The van der Waals surface area contributed by atoms with Gasteiger partial charge in [-0.25, -0.2) is 0 Å². The van der Waals surface area contributed by atoms with Gasteiger partial charge in [0.2, 0.25) is 0 Å². The number of thiophene rings is 1. The lowest BCUT2D eigenvalue weighted by atomic mass is 9.97. The van der Waals surface area contributed by atoms with E-state index < -0.39 is 0 Å². The van der Waals surface area contributed by atoms with Crippen LogP contribution >= 0.6 is 11.3 Å². The van der Waals surface area contributed by atoms with Gasteiger partial charge in [0.15, 0.2) is 0 Å². The van der Waals surface area contributed by atoms with E-state index in [1.54, 1.807) is 0 Å². The van der Waals surface area contributed by atoms with Gasteiger partial charge in [0.25, 0.3) is 0 Å². The van der Waals surface area contributed by atoms with Crippen molar-refractivity contribution >= 4 is 76.4 Å². The third-order valence-electron chi connectivity index (χ3n) is 12.0. The molecule has 0 spiro atoms. The van der Waals surface area contributed by atoms with Crippen molar-refractivity contribution < 1.29 is 0 Å². The lowest BCUT2D eigenvalue weighted by Crippen LogP contribution is -2.11. The largest absolute Gasteiger partial charge is 0.311 e. The maximum absolute atomic E-state index is 2.44. The lowest BCUT2D eigenvalue weighted by Gasteiger charge is -2.29. The molecule has 1 heterocycles. The molecule has 0 amide bonds. The molecule has 2 nitrogen and oxygen atoms in total. The minimum atomic E-state index is 1.11. The zero-order chi connectivity index (χ0) is 41.4. The van der Waals surface area contributed by atoms with E-state index in [0.29, 0.717) is 0 Å². The van der Waals surface area contributed by atoms with Crippen LogP contribution in [0.2, 0.25) is 0 Å². The summed E-state index contributed by atoms with van der Waals surface area (Å²) in [6.45, 7) is 2.22. The fourth-order valence-corrected chi connectivity index (χ4v) is 10.1. The van der Waals surface area contributed by atoms with E-state index in [0.717, 1.165) is 34.1 Å². The molecule has 1 aromatic heterocycles. The summed E-state index contributed by atoms with van der Waals surface area (Å²) in [5, 5.41) is 5.10. The molecule has 11 rings (SSSR count). The van der Waals surface area contributed by atoms with Crippen LogP contribution in [0.25, 0.3) is 64.3 Å². The number of hydrogen-bond acceptors (Lipinski definition) is 3. The summed E-state index contributed by atoms with van der Waals surface area (Å²) < 4.78 is 2.61. The Balaban J connectivity index is 0.952. The number of aryl methyl sites for hydroxylation is 1. The molecule has 62 heavy (non-hydrogen) atoms. The zero-order valence-electron chi connectivity index (χ0n) is 34.3. The molecule has 3 heteroatoms. The standard InChI is InChI=1S/C59H42N2S/c1-41-14-13-23-57-59(41)54-37-36-53(40-58(54)62-57)61(56-39-48-18-12-11-17-47(48)38-55(56)46-15-5-2-6-16-46)52-34-30-45(31-35-52)43-26-24-42(25-27-43)44-28-32-51(33-29-44)60(49-19-7-3-8-20-49)50-21-9-4-10-22-50/h2-40H,1H3. The topological polar surface area (TPSA) is 6.48 Å². The maximum Gasteiger partial charge on any atom is 0.0546 e. The molecule has 0 aliphatic carbocycles. The Morgan fingerprint density at radius 2 is 0.790 bits per heavy atom. The first-order chi connectivity index (χ1) is 30.6. The van der Waals surface area contributed by atoms with Gasteiger partial charge < -0.3 is 9.80 Å². The first-order valence-corrected chi connectivity index (χ1v) is 22.0. The van der Waals surface area contributed by atoms with Crippen LogP contribution in [0.15, 0.2) is 237 Å². The summed E-state index contributed by atoms with van der Waals surface area (Å²) in [4.78, 5) is 4.74. The second-order valence-corrected chi connectivity index (χ2v) is 16.9. The van der Waals surface area contributed by atoms with Crippen LogP contribution in [0, 0.1) is 6.92 Å². The molecular formula is C59H42N2S. The van der Waals surface area contributed by atoms with Crippen LogP contribution in [-0.2, 0) is 0 Å². The molecule has 0 fully saturated rings. The Morgan fingerprint density at radius 1 is 0.323 bits per heavy atom. The van der Waals surface area contributed by atoms with Crippen molar-refractivity contribution in [3.05, 3.63) is 242 Å². The minimum Gasteiger partial charge on any atom is -0.311 e. The zero-order valence-corrected chi connectivity index (χ0v) is 35.1. The van der Waals surface area contributed by atoms with E-state index in [1.807, 2.05) is 11.3 Å². The van der Waals surface area contributed by atoms with Gasteiger partial charge in [-0.05, 0) is 130 Å². The van der Waals surface area contributed by atoms with Gasteiger partial charge in [-0.2, -0.15) is 0 Å². The Morgan fingerprint density at radius 3 is 1.37 bits per heavy atom. The molecule has 0 aliphatic rings. The molecule has 0 aliphatic heterocycles. The van der Waals surface area contributed by atoms with Gasteiger partial charge in [0, 0.05) is 54.2 Å². The SMILES string of the molecule is Cc1cccc2sc3cc(N(c4ccc(-c5ccc(-c6ccc(N(c7ccccc7)c7ccccc7)cc6)cc5)cc4)c4cc5ccccc5cc4-c4ccccc4)ccc3c12. The number of para-hydroxylation sites is 2. The number of anilines is 6. The number of rotatable bonds is 9. The second kappa shape index (κ2) is 16.0. The van der Waals surface area contributed by atoms with E-state index in [-0.39, 0.29) is 0 Å². The normalized spacial score (nSPS) is 11.3. The monoisotopic (exact) mass is 810 g/mol. The van der Waals surface area contributed by atoms with E-state index in [1.165, 1.54) is 69.9 Å². The highest BCUT2D eigenvalue weighted by Gasteiger charge is 2.20. The van der Waals surface area contributed by atoms with Crippen molar-refractivity contribution in [1.82, 2.24) is 0 Å². The Hall–Kier alpha value is -7.72. The van der Waals surface area contributed by atoms with Gasteiger partial charge in [0.05, 0.1) is 5.69 Å². The molecule has 0 saturated carbocycles. The number of nitrogens with zero attached hydrogens (tertiary/aromatic N) is 2. The molecular weight excluding hydrogens is 769 g/mol. The van der Waals surface area contributed by atoms with Gasteiger partial charge in [0.1, 0.15) is 0 Å². The van der Waals surface area contributed by atoms with Crippen molar-refractivity contribution in [1.29, 1.82) is 0 Å². The highest BCUT2D eigenvalue weighted by Crippen LogP contribution is 2.46.